The van der Waals surface area contributed by atoms with Gasteiger partial charge in [0.25, 0.3) is 5.91 Å². The Morgan fingerprint density at radius 3 is 1.69 bits per heavy atom. The van der Waals surface area contributed by atoms with E-state index in [0.717, 1.165) is 132 Å². The number of benzene rings is 4. The van der Waals surface area contributed by atoms with Crippen molar-refractivity contribution in [1.82, 2.24) is 14.7 Å². The lowest BCUT2D eigenvalue weighted by molar-refractivity contribution is -0.137. The van der Waals surface area contributed by atoms with E-state index in [9.17, 15) is 9.59 Å². The summed E-state index contributed by atoms with van der Waals surface area (Å²) < 4.78 is 5.50. The minimum absolute atomic E-state index is 0.0328. The van der Waals surface area contributed by atoms with Crippen LogP contribution in [0.15, 0.2) is 126 Å². The number of carbonyl (C=O) groups is 2. The van der Waals surface area contributed by atoms with Crippen molar-refractivity contribution in [3.8, 4) is 11.1 Å². The maximum absolute atomic E-state index is 14.4. The first-order valence-electron chi connectivity index (χ1n) is 22.6. The molecule has 4 aromatic rings. The molecule has 0 spiro atoms. The molecule has 0 unspecified atom stereocenters. The second-order valence-electron chi connectivity index (χ2n) is 17.5. The Labute approximate surface area is 360 Å². The van der Waals surface area contributed by atoms with Crippen LogP contribution in [-0.4, -0.2) is 103 Å². The molecule has 4 aromatic carbocycles. The van der Waals surface area contributed by atoms with Gasteiger partial charge in [0.05, 0.1) is 25.3 Å². The average Bonchev–Trinajstić information content (AvgIpc) is 4.18. The first-order valence-corrected chi connectivity index (χ1v) is 22.6. The first kappa shape index (κ1) is 39.5. The SMILES string of the molecule is O=C(c1ccc(N2CCOCC2)cc1)N1CCC[C@H]1C1=NC=C(c2ccc(-c3ccc(C4=CN=C([C@@H]5CCCN5C(=O)[C@@H](c5ccccc5)N5CCCCC5)C4)cc3)cc2)C1. The first-order chi connectivity index (χ1) is 30.1. The van der Waals surface area contributed by atoms with Gasteiger partial charge in [-0.25, -0.2) is 0 Å². The number of carbonyl (C=O) groups excluding carboxylic acids is 2. The second kappa shape index (κ2) is 17.8. The number of hydrogen-bond donors (Lipinski definition) is 0. The molecule has 0 saturated carbocycles. The molecule has 9 heteroatoms. The number of nitrogens with zero attached hydrogens (tertiary/aromatic N) is 6. The highest BCUT2D eigenvalue weighted by Gasteiger charge is 2.40. The van der Waals surface area contributed by atoms with E-state index in [4.69, 9.17) is 14.7 Å². The molecule has 0 bridgehead atoms. The second-order valence-corrected chi connectivity index (χ2v) is 17.5. The fraction of sp³-hybridized carbons (Fsp3) is 0.385. The van der Waals surface area contributed by atoms with E-state index >= 15 is 0 Å². The summed E-state index contributed by atoms with van der Waals surface area (Å²) in [6.45, 7) is 6.74. The van der Waals surface area contributed by atoms with Crippen molar-refractivity contribution >= 4 is 40.1 Å². The van der Waals surface area contributed by atoms with Gasteiger partial charge >= 0.3 is 0 Å². The predicted octanol–water partition coefficient (Wildman–Crippen LogP) is 9.08. The molecule has 4 fully saturated rings. The Kier molecular flexibility index (Phi) is 11.5. The molecule has 4 saturated heterocycles. The van der Waals surface area contributed by atoms with Gasteiger partial charge in [-0.2, -0.15) is 0 Å². The van der Waals surface area contributed by atoms with Crippen molar-refractivity contribution in [2.45, 2.75) is 75.9 Å². The Balaban J connectivity index is 0.741. The van der Waals surface area contributed by atoms with Crippen LogP contribution in [0.4, 0.5) is 5.69 Å². The van der Waals surface area contributed by atoms with E-state index in [1.165, 1.54) is 39.8 Å². The molecule has 6 heterocycles. The van der Waals surface area contributed by atoms with E-state index in [0.29, 0.717) is 0 Å². The van der Waals surface area contributed by atoms with Crippen LogP contribution >= 0.6 is 0 Å². The van der Waals surface area contributed by atoms with Gasteiger partial charge in [-0.05, 0) is 115 Å². The van der Waals surface area contributed by atoms with Crippen LogP contribution in [0.3, 0.4) is 0 Å². The molecule has 6 aliphatic heterocycles. The summed E-state index contributed by atoms with van der Waals surface area (Å²) in [5.41, 5.74) is 12.3. The van der Waals surface area contributed by atoms with Crippen LogP contribution in [-0.2, 0) is 9.53 Å². The van der Waals surface area contributed by atoms with Gasteiger partial charge in [0.2, 0.25) is 5.91 Å². The van der Waals surface area contributed by atoms with Crippen LogP contribution in [0.1, 0.15) is 90.9 Å². The molecule has 0 N–H and O–H groups in total. The molecular formula is C52H56N6O3. The van der Waals surface area contributed by atoms with Gasteiger partial charge in [-0.15, -0.1) is 0 Å². The number of anilines is 1. The summed E-state index contributed by atoms with van der Waals surface area (Å²) in [6.07, 6.45) is 13.0. The topological polar surface area (TPSA) is 81.0 Å². The van der Waals surface area contributed by atoms with Crippen molar-refractivity contribution in [3.63, 3.8) is 0 Å². The molecule has 3 atom stereocenters. The zero-order valence-electron chi connectivity index (χ0n) is 35.1. The molecule has 0 radical (unpaired) electrons. The van der Waals surface area contributed by atoms with Crippen molar-refractivity contribution in [1.29, 1.82) is 0 Å². The Morgan fingerprint density at radius 1 is 0.557 bits per heavy atom. The van der Waals surface area contributed by atoms with Crippen molar-refractivity contribution < 1.29 is 14.3 Å². The number of hydrogen-bond acceptors (Lipinski definition) is 7. The van der Waals surface area contributed by atoms with Crippen LogP contribution in [0.25, 0.3) is 22.3 Å². The standard InChI is InChI=1S/C52H56N6O3/c59-51(42-21-23-45(24-22-42)55-29-31-61-32-30-55)57-27-7-11-48(57)46-33-43(35-53-46)39-17-13-37(14-18-39)38-15-19-40(20-16-38)44-34-47(54-36-44)49-12-8-28-58(49)52(60)50(41-9-3-1-4-10-41)56-25-5-2-6-26-56/h1,3-4,9-10,13-24,35-36,48-50H,2,5-8,11-12,25-34H2/t48-,49-,50+/m0/s1. The number of ether oxygens (including phenoxy) is 1. The smallest absolute Gasteiger partial charge is 0.254 e. The van der Waals surface area contributed by atoms with Crippen molar-refractivity contribution in [2.75, 3.05) is 57.4 Å². The number of rotatable bonds is 10. The summed E-state index contributed by atoms with van der Waals surface area (Å²) in [6, 6.07) is 35.9. The lowest BCUT2D eigenvalue weighted by atomic mass is 9.94. The lowest BCUT2D eigenvalue weighted by Gasteiger charge is -2.37. The van der Waals surface area contributed by atoms with Crippen molar-refractivity contribution in [3.05, 3.63) is 138 Å². The molecule has 0 aromatic heterocycles. The normalized spacial score (nSPS) is 22.5. The third kappa shape index (κ3) is 8.26. The molecule has 61 heavy (non-hydrogen) atoms. The molecule has 6 aliphatic rings. The minimum Gasteiger partial charge on any atom is -0.378 e. The summed E-state index contributed by atoms with van der Waals surface area (Å²) in [5, 5.41) is 0. The average molecular weight is 813 g/mol. The van der Waals surface area contributed by atoms with Gasteiger partial charge in [0, 0.05) is 74.1 Å². The number of morpholine rings is 1. The summed E-state index contributed by atoms with van der Waals surface area (Å²) in [7, 11) is 0. The number of aliphatic imine (C=N–C) groups is 2. The van der Waals surface area contributed by atoms with Crippen LogP contribution in [0.2, 0.25) is 0 Å². The van der Waals surface area contributed by atoms with E-state index in [2.05, 4.69) is 99.6 Å². The van der Waals surface area contributed by atoms with Crippen LogP contribution in [0, 0.1) is 0 Å². The number of piperidine rings is 1. The van der Waals surface area contributed by atoms with Crippen molar-refractivity contribution in [2.24, 2.45) is 9.98 Å². The Bertz CT molecular complexity index is 2340. The van der Waals surface area contributed by atoms with Gasteiger partial charge in [-0.3, -0.25) is 24.5 Å². The zero-order valence-corrected chi connectivity index (χ0v) is 35.1. The molecule has 9 nitrogen and oxygen atoms in total. The van der Waals surface area contributed by atoms with Gasteiger partial charge in [0.1, 0.15) is 6.04 Å². The maximum Gasteiger partial charge on any atom is 0.254 e. The monoisotopic (exact) mass is 812 g/mol. The van der Waals surface area contributed by atoms with E-state index in [-0.39, 0.29) is 29.9 Å². The fourth-order valence-electron chi connectivity index (χ4n) is 10.4. The molecule has 2 amide bonds. The molecular weight excluding hydrogens is 757 g/mol. The number of allylic oxidation sites excluding steroid dienone is 2. The summed E-state index contributed by atoms with van der Waals surface area (Å²) in [5.74, 6) is 0.320. The highest BCUT2D eigenvalue weighted by atomic mass is 16.5. The lowest BCUT2D eigenvalue weighted by Crippen LogP contribution is -2.48. The zero-order chi connectivity index (χ0) is 41.1. The predicted molar refractivity (Wildman–Crippen MR) is 245 cm³/mol. The number of amides is 2. The highest BCUT2D eigenvalue weighted by Crippen LogP contribution is 2.36. The summed E-state index contributed by atoms with van der Waals surface area (Å²) >= 11 is 0. The van der Waals surface area contributed by atoms with Gasteiger partial charge < -0.3 is 19.4 Å². The van der Waals surface area contributed by atoms with E-state index in [1.54, 1.807) is 0 Å². The van der Waals surface area contributed by atoms with E-state index < -0.39 is 0 Å². The third-order valence-electron chi connectivity index (χ3n) is 13.8. The largest absolute Gasteiger partial charge is 0.378 e. The van der Waals surface area contributed by atoms with Crippen LogP contribution in [0.5, 0.6) is 0 Å². The fourth-order valence-corrected chi connectivity index (χ4v) is 10.4. The number of likely N-dealkylation sites (tertiary alicyclic amines) is 3. The minimum atomic E-state index is -0.227. The third-order valence-corrected chi connectivity index (χ3v) is 13.8. The van der Waals surface area contributed by atoms with Gasteiger partial charge in [0.15, 0.2) is 0 Å². The highest BCUT2D eigenvalue weighted by molar-refractivity contribution is 6.06. The molecule has 10 rings (SSSR count). The van der Waals surface area contributed by atoms with E-state index in [1.807, 2.05) is 35.5 Å². The molecule has 312 valence electrons. The summed E-state index contributed by atoms with van der Waals surface area (Å²) in [4.78, 5) is 46.9. The van der Waals surface area contributed by atoms with Crippen LogP contribution < -0.4 is 4.90 Å². The maximum atomic E-state index is 14.4. The molecule has 0 aliphatic carbocycles. The quantitative estimate of drug-likeness (QED) is 0.160. The van der Waals surface area contributed by atoms with Gasteiger partial charge in [-0.1, -0.05) is 85.3 Å². The Hall–Kier alpha value is -5.64. The Morgan fingerprint density at radius 2 is 1.10 bits per heavy atom.